The first-order valence-corrected chi connectivity index (χ1v) is 7.14. The molecule has 0 saturated heterocycles. The number of amides is 1. The summed E-state index contributed by atoms with van der Waals surface area (Å²) in [5.41, 5.74) is 8.01. The second-order valence-electron chi connectivity index (χ2n) is 5.35. The lowest BCUT2D eigenvalue weighted by Gasteiger charge is -2.24. The number of benzene rings is 2. The van der Waals surface area contributed by atoms with E-state index in [1.165, 1.54) is 6.07 Å². The highest BCUT2D eigenvalue weighted by Crippen LogP contribution is 2.23. The van der Waals surface area contributed by atoms with Gasteiger partial charge in [0.05, 0.1) is 6.04 Å². The van der Waals surface area contributed by atoms with Crippen LogP contribution in [-0.2, 0) is 24.4 Å². The molecule has 0 saturated carbocycles. The topological polar surface area (TPSA) is 64.4 Å². The largest absolute Gasteiger partial charge is 0.489 e. The normalized spacial score (nSPS) is 16.9. The highest BCUT2D eigenvalue weighted by Gasteiger charge is 2.22. The Kier molecular flexibility index (Phi) is 4.06. The van der Waals surface area contributed by atoms with Crippen LogP contribution in [0.5, 0.6) is 5.75 Å². The number of fused-ring (bicyclic) bond motifs is 1. The summed E-state index contributed by atoms with van der Waals surface area (Å²) in [6.45, 7) is 0.777. The SMILES string of the molecule is NC(=O)C1Cc2cc(OCc3ccccc3F)ccc2CN1. The molecule has 2 aromatic rings. The van der Waals surface area contributed by atoms with Crippen LogP contribution in [0.25, 0.3) is 0 Å². The Morgan fingerprint density at radius 1 is 1.27 bits per heavy atom. The summed E-state index contributed by atoms with van der Waals surface area (Å²) in [6.07, 6.45) is 0.543. The van der Waals surface area contributed by atoms with Crippen LogP contribution in [0, 0.1) is 5.82 Å². The zero-order valence-electron chi connectivity index (χ0n) is 12.0. The molecule has 0 bridgehead atoms. The molecule has 4 nitrogen and oxygen atoms in total. The Hall–Kier alpha value is -2.40. The van der Waals surface area contributed by atoms with Gasteiger partial charge in [-0.05, 0) is 35.7 Å². The van der Waals surface area contributed by atoms with Crippen molar-refractivity contribution in [2.24, 2.45) is 5.73 Å². The van der Waals surface area contributed by atoms with Crippen LogP contribution in [0.3, 0.4) is 0 Å². The number of hydrogen-bond donors (Lipinski definition) is 2. The molecule has 22 heavy (non-hydrogen) atoms. The quantitative estimate of drug-likeness (QED) is 0.906. The van der Waals surface area contributed by atoms with Crippen LogP contribution in [0.1, 0.15) is 16.7 Å². The standard InChI is InChI=1S/C17H17FN2O2/c18-15-4-2-1-3-12(15)10-22-14-6-5-11-9-20-16(17(19)21)8-13(11)7-14/h1-7,16,20H,8-10H2,(H2,19,21). The lowest BCUT2D eigenvalue weighted by atomic mass is 9.95. The van der Waals surface area contributed by atoms with E-state index in [4.69, 9.17) is 10.5 Å². The molecule has 1 heterocycles. The zero-order valence-corrected chi connectivity index (χ0v) is 12.0. The van der Waals surface area contributed by atoms with Gasteiger partial charge >= 0.3 is 0 Å². The van der Waals surface area contributed by atoms with E-state index in [1.54, 1.807) is 18.2 Å². The number of rotatable bonds is 4. The zero-order chi connectivity index (χ0) is 15.5. The third-order valence-electron chi connectivity index (χ3n) is 3.84. The van der Waals surface area contributed by atoms with Crippen molar-refractivity contribution in [3.05, 3.63) is 65.0 Å². The van der Waals surface area contributed by atoms with Crippen molar-refractivity contribution in [2.75, 3.05) is 0 Å². The average Bonchev–Trinajstić information content (AvgIpc) is 2.53. The summed E-state index contributed by atoms with van der Waals surface area (Å²) in [6, 6.07) is 11.9. The lowest BCUT2D eigenvalue weighted by molar-refractivity contribution is -0.120. The van der Waals surface area contributed by atoms with Crippen molar-refractivity contribution in [3.63, 3.8) is 0 Å². The summed E-state index contributed by atoms with van der Waals surface area (Å²) in [5.74, 6) is 0.0221. The Balaban J connectivity index is 1.72. The fourth-order valence-electron chi connectivity index (χ4n) is 2.56. The van der Waals surface area contributed by atoms with Crippen molar-refractivity contribution >= 4 is 5.91 Å². The van der Waals surface area contributed by atoms with Gasteiger partial charge in [-0.3, -0.25) is 4.79 Å². The molecule has 5 heteroatoms. The van der Waals surface area contributed by atoms with Crippen LogP contribution in [0.2, 0.25) is 0 Å². The van der Waals surface area contributed by atoms with Crippen LogP contribution in [0.15, 0.2) is 42.5 Å². The Morgan fingerprint density at radius 3 is 2.86 bits per heavy atom. The summed E-state index contributed by atoms with van der Waals surface area (Å²) < 4.78 is 19.2. The average molecular weight is 300 g/mol. The first-order valence-electron chi connectivity index (χ1n) is 7.14. The van der Waals surface area contributed by atoms with Crippen molar-refractivity contribution < 1.29 is 13.9 Å². The Labute approximate surface area is 128 Å². The van der Waals surface area contributed by atoms with Gasteiger partial charge in [0.15, 0.2) is 0 Å². The highest BCUT2D eigenvalue weighted by atomic mass is 19.1. The van der Waals surface area contributed by atoms with Gasteiger partial charge in [-0.2, -0.15) is 0 Å². The first-order chi connectivity index (χ1) is 10.6. The Bertz CT molecular complexity index is 703. The minimum absolute atomic E-state index is 0.170. The van der Waals surface area contributed by atoms with Crippen LogP contribution in [-0.4, -0.2) is 11.9 Å². The number of nitrogens with two attached hydrogens (primary N) is 1. The van der Waals surface area contributed by atoms with Gasteiger partial charge in [0.25, 0.3) is 0 Å². The van der Waals surface area contributed by atoms with E-state index in [0.717, 1.165) is 11.1 Å². The van der Waals surface area contributed by atoms with Gasteiger partial charge in [-0.1, -0.05) is 24.3 Å². The summed E-state index contributed by atoms with van der Waals surface area (Å²) in [7, 11) is 0. The molecular formula is C17H17FN2O2. The molecule has 0 fully saturated rings. The fraction of sp³-hybridized carbons (Fsp3) is 0.235. The van der Waals surface area contributed by atoms with Gasteiger partial charge in [-0.15, -0.1) is 0 Å². The van der Waals surface area contributed by atoms with E-state index < -0.39 is 0 Å². The molecule has 1 amide bonds. The van der Waals surface area contributed by atoms with Gasteiger partial charge in [0, 0.05) is 12.1 Å². The van der Waals surface area contributed by atoms with Gasteiger partial charge in [0.2, 0.25) is 5.91 Å². The van der Waals surface area contributed by atoms with Gasteiger partial charge in [-0.25, -0.2) is 4.39 Å². The number of primary amides is 1. The summed E-state index contributed by atoms with van der Waals surface area (Å²) in [5, 5.41) is 3.09. The molecule has 0 spiro atoms. The van der Waals surface area contributed by atoms with Crippen molar-refractivity contribution in [1.29, 1.82) is 0 Å². The maximum Gasteiger partial charge on any atom is 0.234 e. The number of carbonyl (C=O) groups excluding carboxylic acids is 1. The molecule has 2 aromatic carbocycles. The molecule has 0 radical (unpaired) electrons. The van der Waals surface area contributed by atoms with E-state index in [-0.39, 0.29) is 24.4 Å². The third-order valence-corrected chi connectivity index (χ3v) is 3.84. The van der Waals surface area contributed by atoms with E-state index in [9.17, 15) is 9.18 Å². The molecule has 1 aliphatic heterocycles. The van der Waals surface area contributed by atoms with Gasteiger partial charge < -0.3 is 15.8 Å². The second kappa shape index (κ2) is 6.15. The lowest BCUT2D eigenvalue weighted by Crippen LogP contribution is -2.45. The number of halogens is 1. The molecule has 1 aliphatic rings. The van der Waals surface area contributed by atoms with E-state index in [2.05, 4.69) is 5.32 Å². The maximum absolute atomic E-state index is 13.6. The predicted octanol–water partition coefficient (Wildman–Crippen LogP) is 1.90. The highest BCUT2D eigenvalue weighted by molar-refractivity contribution is 5.80. The molecule has 0 aromatic heterocycles. The van der Waals surface area contributed by atoms with Gasteiger partial charge in [0.1, 0.15) is 18.2 Å². The van der Waals surface area contributed by atoms with Crippen molar-refractivity contribution in [3.8, 4) is 5.75 Å². The summed E-state index contributed by atoms with van der Waals surface area (Å²) in [4.78, 5) is 11.3. The predicted molar refractivity (Wildman–Crippen MR) is 80.7 cm³/mol. The smallest absolute Gasteiger partial charge is 0.234 e. The van der Waals surface area contributed by atoms with E-state index in [1.807, 2.05) is 18.2 Å². The molecule has 0 aliphatic carbocycles. The molecule has 3 N–H and O–H groups in total. The van der Waals surface area contributed by atoms with Crippen LogP contribution >= 0.6 is 0 Å². The fourth-order valence-corrected chi connectivity index (χ4v) is 2.56. The molecule has 114 valence electrons. The molecule has 3 rings (SSSR count). The minimum Gasteiger partial charge on any atom is -0.489 e. The molecule has 1 unspecified atom stereocenters. The Morgan fingerprint density at radius 2 is 2.09 bits per heavy atom. The second-order valence-corrected chi connectivity index (χ2v) is 5.35. The van der Waals surface area contributed by atoms with Crippen LogP contribution in [0.4, 0.5) is 4.39 Å². The summed E-state index contributed by atoms with van der Waals surface area (Å²) >= 11 is 0. The minimum atomic E-state index is -0.358. The van der Waals surface area contributed by atoms with Crippen molar-refractivity contribution in [1.82, 2.24) is 5.32 Å². The number of nitrogens with one attached hydrogen (secondary N) is 1. The number of carbonyl (C=O) groups is 1. The van der Waals surface area contributed by atoms with Crippen LogP contribution < -0.4 is 15.8 Å². The first kappa shape index (κ1) is 14.5. The number of hydrogen-bond acceptors (Lipinski definition) is 3. The molecular weight excluding hydrogens is 283 g/mol. The molecule has 1 atom stereocenters. The van der Waals surface area contributed by atoms with Crippen molar-refractivity contribution in [2.45, 2.75) is 25.6 Å². The van der Waals surface area contributed by atoms with E-state index in [0.29, 0.717) is 24.3 Å². The third kappa shape index (κ3) is 3.09. The maximum atomic E-state index is 13.6. The van der Waals surface area contributed by atoms with E-state index >= 15 is 0 Å². The monoisotopic (exact) mass is 300 g/mol. The number of ether oxygens (including phenoxy) is 1.